The van der Waals surface area contributed by atoms with Gasteiger partial charge in [-0.2, -0.15) is 0 Å². The smallest absolute Gasteiger partial charge is 0.316 e. The molecule has 1 fully saturated rings. The SMILES string of the molecule is O=C(c1ccncc1)N1CCC[C@@H](Oc2ncccn2)C1. The molecule has 1 aliphatic heterocycles. The maximum atomic E-state index is 12.4. The molecule has 3 heterocycles. The number of rotatable bonds is 3. The van der Waals surface area contributed by atoms with Gasteiger partial charge in [0.1, 0.15) is 6.10 Å². The third-order valence-electron chi connectivity index (χ3n) is 3.41. The van der Waals surface area contributed by atoms with E-state index < -0.39 is 0 Å². The number of piperidine rings is 1. The van der Waals surface area contributed by atoms with Crippen molar-refractivity contribution in [2.45, 2.75) is 18.9 Å². The van der Waals surface area contributed by atoms with Crippen molar-refractivity contribution in [3.05, 3.63) is 48.5 Å². The van der Waals surface area contributed by atoms with E-state index in [1.807, 2.05) is 4.90 Å². The lowest BCUT2D eigenvalue weighted by Gasteiger charge is -2.32. The minimum Gasteiger partial charge on any atom is -0.458 e. The van der Waals surface area contributed by atoms with Gasteiger partial charge in [0.15, 0.2) is 0 Å². The van der Waals surface area contributed by atoms with E-state index in [2.05, 4.69) is 15.0 Å². The standard InChI is InChI=1S/C15H16N4O2/c20-14(12-4-8-16-9-5-12)19-10-1-3-13(11-19)21-15-17-6-2-7-18-15/h2,4-9,13H,1,3,10-11H2/t13-/m1/s1. The van der Waals surface area contributed by atoms with Crippen LogP contribution in [0.3, 0.4) is 0 Å². The molecule has 6 nitrogen and oxygen atoms in total. The van der Waals surface area contributed by atoms with Gasteiger partial charge in [0.2, 0.25) is 0 Å². The number of nitrogens with zero attached hydrogens (tertiary/aromatic N) is 4. The van der Waals surface area contributed by atoms with Crippen LogP contribution in [0, 0.1) is 0 Å². The summed E-state index contributed by atoms with van der Waals surface area (Å²) in [6.45, 7) is 1.30. The van der Waals surface area contributed by atoms with E-state index in [0.717, 1.165) is 19.4 Å². The van der Waals surface area contributed by atoms with E-state index in [-0.39, 0.29) is 12.0 Å². The molecule has 2 aromatic rings. The molecular weight excluding hydrogens is 268 g/mol. The Morgan fingerprint density at radius 3 is 2.71 bits per heavy atom. The Balaban J connectivity index is 1.64. The number of carbonyl (C=O) groups is 1. The molecule has 3 rings (SSSR count). The van der Waals surface area contributed by atoms with Crippen LogP contribution in [0.2, 0.25) is 0 Å². The van der Waals surface area contributed by atoms with Gasteiger partial charge in [-0.25, -0.2) is 9.97 Å². The van der Waals surface area contributed by atoms with Crippen molar-refractivity contribution in [2.75, 3.05) is 13.1 Å². The van der Waals surface area contributed by atoms with Crippen LogP contribution in [-0.2, 0) is 0 Å². The van der Waals surface area contributed by atoms with Gasteiger partial charge in [0.05, 0.1) is 6.54 Å². The number of pyridine rings is 1. The predicted octanol–water partition coefficient (Wildman–Crippen LogP) is 1.56. The number of aromatic nitrogens is 3. The molecule has 108 valence electrons. The van der Waals surface area contributed by atoms with Crippen LogP contribution in [0.4, 0.5) is 0 Å². The molecule has 0 bridgehead atoms. The Morgan fingerprint density at radius 2 is 1.95 bits per heavy atom. The third kappa shape index (κ3) is 3.34. The van der Waals surface area contributed by atoms with Gasteiger partial charge in [-0.3, -0.25) is 9.78 Å². The fourth-order valence-electron chi connectivity index (χ4n) is 2.39. The molecule has 21 heavy (non-hydrogen) atoms. The fourth-order valence-corrected chi connectivity index (χ4v) is 2.39. The van der Waals surface area contributed by atoms with Crippen LogP contribution in [0.1, 0.15) is 23.2 Å². The van der Waals surface area contributed by atoms with Crippen LogP contribution in [0.15, 0.2) is 43.0 Å². The zero-order valence-corrected chi connectivity index (χ0v) is 11.6. The van der Waals surface area contributed by atoms with Crippen LogP contribution in [0.5, 0.6) is 6.01 Å². The fraction of sp³-hybridized carbons (Fsp3) is 0.333. The highest BCUT2D eigenvalue weighted by molar-refractivity contribution is 5.94. The maximum absolute atomic E-state index is 12.4. The molecule has 0 N–H and O–H groups in total. The van der Waals surface area contributed by atoms with Crippen LogP contribution in [0.25, 0.3) is 0 Å². The summed E-state index contributed by atoms with van der Waals surface area (Å²) in [4.78, 5) is 26.3. The topological polar surface area (TPSA) is 68.2 Å². The molecule has 0 aromatic carbocycles. The second-order valence-electron chi connectivity index (χ2n) is 4.90. The Labute approximate surface area is 122 Å². The molecule has 6 heteroatoms. The second kappa shape index (κ2) is 6.30. The molecule has 1 aliphatic rings. The highest BCUT2D eigenvalue weighted by Crippen LogP contribution is 2.17. The first-order chi connectivity index (χ1) is 10.3. The zero-order valence-electron chi connectivity index (χ0n) is 11.6. The van der Waals surface area contributed by atoms with Crippen LogP contribution in [-0.4, -0.2) is 45.0 Å². The zero-order chi connectivity index (χ0) is 14.5. The molecule has 1 atom stereocenters. The van der Waals surface area contributed by atoms with Gasteiger partial charge in [0, 0.05) is 36.9 Å². The summed E-state index contributed by atoms with van der Waals surface area (Å²) in [7, 11) is 0. The normalized spacial score (nSPS) is 18.3. The molecule has 0 aliphatic carbocycles. The average molecular weight is 284 g/mol. The number of carbonyl (C=O) groups excluding carboxylic acids is 1. The third-order valence-corrected chi connectivity index (χ3v) is 3.41. The van der Waals surface area contributed by atoms with Gasteiger partial charge in [-0.1, -0.05) is 0 Å². The summed E-state index contributed by atoms with van der Waals surface area (Å²) in [6.07, 6.45) is 8.29. The lowest BCUT2D eigenvalue weighted by molar-refractivity contribution is 0.0515. The van der Waals surface area contributed by atoms with Crippen molar-refractivity contribution < 1.29 is 9.53 Å². The highest BCUT2D eigenvalue weighted by atomic mass is 16.5. The first-order valence-corrected chi connectivity index (χ1v) is 6.96. The van der Waals surface area contributed by atoms with Crippen molar-refractivity contribution in [1.82, 2.24) is 19.9 Å². The summed E-state index contributed by atoms with van der Waals surface area (Å²) < 4.78 is 5.74. The van der Waals surface area contributed by atoms with E-state index in [0.29, 0.717) is 18.1 Å². The molecule has 1 amide bonds. The molecule has 0 spiro atoms. The Morgan fingerprint density at radius 1 is 1.19 bits per heavy atom. The van der Waals surface area contributed by atoms with Crippen LogP contribution >= 0.6 is 0 Å². The first kappa shape index (κ1) is 13.5. The maximum Gasteiger partial charge on any atom is 0.316 e. The Hall–Kier alpha value is -2.50. The van der Waals surface area contributed by atoms with Crippen molar-refractivity contribution in [3.63, 3.8) is 0 Å². The number of hydrogen-bond acceptors (Lipinski definition) is 5. The van der Waals surface area contributed by atoms with Crippen LogP contribution < -0.4 is 4.74 Å². The van der Waals surface area contributed by atoms with Gasteiger partial charge in [-0.05, 0) is 31.0 Å². The van der Waals surface area contributed by atoms with Gasteiger partial charge in [0.25, 0.3) is 5.91 Å². The minimum absolute atomic E-state index is 0.0136. The summed E-state index contributed by atoms with van der Waals surface area (Å²) >= 11 is 0. The lowest BCUT2D eigenvalue weighted by Crippen LogP contribution is -2.44. The summed E-state index contributed by atoms with van der Waals surface area (Å²) in [5, 5.41) is 0. The highest BCUT2D eigenvalue weighted by Gasteiger charge is 2.26. The summed E-state index contributed by atoms with van der Waals surface area (Å²) in [5.41, 5.74) is 0.654. The largest absolute Gasteiger partial charge is 0.458 e. The molecular formula is C15H16N4O2. The molecule has 0 saturated carbocycles. The summed E-state index contributed by atoms with van der Waals surface area (Å²) in [6, 6.07) is 5.56. The van der Waals surface area contributed by atoms with Crippen molar-refractivity contribution in [3.8, 4) is 6.01 Å². The minimum atomic E-state index is -0.0630. The number of ether oxygens (including phenoxy) is 1. The summed E-state index contributed by atoms with van der Waals surface area (Å²) in [5.74, 6) is 0.0136. The first-order valence-electron chi connectivity index (χ1n) is 6.96. The molecule has 2 aromatic heterocycles. The van der Waals surface area contributed by atoms with E-state index in [1.54, 1.807) is 43.0 Å². The molecule has 0 unspecified atom stereocenters. The Kier molecular flexibility index (Phi) is 4.04. The van der Waals surface area contributed by atoms with Crippen molar-refractivity contribution in [1.29, 1.82) is 0 Å². The Bertz CT molecular complexity index is 591. The van der Waals surface area contributed by atoms with E-state index in [9.17, 15) is 4.79 Å². The van der Waals surface area contributed by atoms with E-state index in [1.165, 1.54) is 0 Å². The van der Waals surface area contributed by atoms with Gasteiger partial charge in [-0.15, -0.1) is 0 Å². The van der Waals surface area contributed by atoms with Gasteiger partial charge < -0.3 is 9.64 Å². The van der Waals surface area contributed by atoms with Gasteiger partial charge >= 0.3 is 6.01 Å². The van der Waals surface area contributed by atoms with Crippen molar-refractivity contribution in [2.24, 2.45) is 0 Å². The van der Waals surface area contributed by atoms with E-state index in [4.69, 9.17) is 4.74 Å². The van der Waals surface area contributed by atoms with Crippen molar-refractivity contribution >= 4 is 5.91 Å². The monoisotopic (exact) mass is 284 g/mol. The number of amides is 1. The predicted molar refractivity (Wildman–Crippen MR) is 75.8 cm³/mol. The number of likely N-dealkylation sites (tertiary alicyclic amines) is 1. The average Bonchev–Trinajstić information content (AvgIpc) is 2.56. The lowest BCUT2D eigenvalue weighted by atomic mass is 10.1. The number of hydrogen-bond donors (Lipinski definition) is 0. The van der Waals surface area contributed by atoms with E-state index >= 15 is 0 Å². The molecule has 1 saturated heterocycles. The molecule has 0 radical (unpaired) electrons. The second-order valence-corrected chi connectivity index (χ2v) is 4.90. The quantitative estimate of drug-likeness (QED) is 0.855.